The Morgan fingerprint density at radius 3 is 2.06 bits per heavy atom. The number of thioether (sulfide) groups is 1. The van der Waals surface area contributed by atoms with Crippen LogP contribution in [0.25, 0.3) is 0 Å². The highest BCUT2D eigenvalue weighted by molar-refractivity contribution is 7.98. The summed E-state index contributed by atoms with van der Waals surface area (Å²) in [5, 5.41) is 16.8. The molecule has 0 radical (unpaired) electrons. The van der Waals surface area contributed by atoms with Crippen LogP contribution in [0, 0.1) is 5.92 Å². The second-order valence-electron chi connectivity index (χ2n) is 8.34. The van der Waals surface area contributed by atoms with Gasteiger partial charge in [-0.3, -0.25) is 24.2 Å². The van der Waals surface area contributed by atoms with Gasteiger partial charge in [0, 0.05) is 6.54 Å². The van der Waals surface area contributed by atoms with E-state index in [0.29, 0.717) is 25.0 Å². The Balaban J connectivity index is 5.49. The van der Waals surface area contributed by atoms with Crippen molar-refractivity contribution in [1.29, 1.82) is 0 Å². The summed E-state index contributed by atoms with van der Waals surface area (Å²) in [5.41, 5.74) is 21.6. The van der Waals surface area contributed by atoms with Gasteiger partial charge in [0.25, 0.3) is 0 Å². The van der Waals surface area contributed by atoms with Gasteiger partial charge in [-0.05, 0) is 37.2 Å². The fourth-order valence-corrected chi connectivity index (χ4v) is 3.53. The zero-order chi connectivity index (χ0) is 27.8. The molecule has 0 aliphatic carbocycles. The first-order valence-electron chi connectivity index (χ1n) is 11.6. The summed E-state index contributed by atoms with van der Waals surface area (Å²) in [6, 6.07) is -4.64. The zero-order valence-electron chi connectivity index (χ0n) is 21.0. The Morgan fingerprint density at radius 1 is 0.944 bits per heavy atom. The van der Waals surface area contributed by atoms with Crippen LogP contribution in [-0.2, 0) is 24.0 Å². The first-order chi connectivity index (χ1) is 16.8. The smallest absolute Gasteiger partial charge is 0.326 e. The van der Waals surface area contributed by atoms with Gasteiger partial charge in [-0.1, -0.05) is 20.3 Å². The molecule has 0 aromatic heterocycles. The second-order valence-corrected chi connectivity index (χ2v) is 9.33. The summed E-state index contributed by atoms with van der Waals surface area (Å²) < 4.78 is 0. The Bertz CT molecular complexity index is 792. The highest BCUT2D eigenvalue weighted by Crippen LogP contribution is 2.11. The molecule has 0 rings (SSSR count). The number of aliphatic imine (C=N–C) groups is 1. The quantitative estimate of drug-likeness (QED) is 0.0526. The number of primary amides is 1. The van der Waals surface area contributed by atoms with E-state index in [2.05, 4.69) is 20.9 Å². The molecule has 0 saturated carbocycles. The highest BCUT2D eigenvalue weighted by atomic mass is 32.2. The van der Waals surface area contributed by atoms with E-state index in [1.165, 1.54) is 11.8 Å². The molecule has 4 amide bonds. The number of hydrogen-bond donors (Lipinski definition) is 8. The van der Waals surface area contributed by atoms with E-state index in [1.54, 1.807) is 13.8 Å². The van der Waals surface area contributed by atoms with Crippen LogP contribution in [-0.4, -0.2) is 83.4 Å². The van der Waals surface area contributed by atoms with Gasteiger partial charge in [-0.15, -0.1) is 0 Å². The molecular weight excluding hydrogens is 492 g/mol. The molecular formula is C21H40N8O6S. The third-order valence-electron chi connectivity index (χ3n) is 5.36. The predicted octanol–water partition coefficient (Wildman–Crippen LogP) is -2.42. The highest BCUT2D eigenvalue weighted by Gasteiger charge is 2.33. The topological polar surface area (TPSA) is 258 Å². The molecule has 0 heterocycles. The number of amides is 4. The van der Waals surface area contributed by atoms with Gasteiger partial charge < -0.3 is 44.0 Å². The summed E-state index contributed by atoms with van der Waals surface area (Å²) in [7, 11) is 0. The SMILES string of the molecule is CCC(C)C(NC(=O)C(CC(N)=O)NC(=O)C(N)CCSC)C(=O)NC(CCCN=C(N)N)C(=O)O. The molecule has 5 unspecified atom stereocenters. The van der Waals surface area contributed by atoms with Crippen LogP contribution in [0.1, 0.15) is 46.0 Å². The molecule has 0 aliphatic heterocycles. The molecule has 0 bridgehead atoms. The van der Waals surface area contributed by atoms with Crippen LogP contribution in [0.2, 0.25) is 0 Å². The minimum absolute atomic E-state index is 0.0489. The van der Waals surface area contributed by atoms with Crippen molar-refractivity contribution in [3.05, 3.63) is 0 Å². The maximum atomic E-state index is 13.0. The molecule has 0 aromatic carbocycles. The second kappa shape index (κ2) is 17.4. The minimum atomic E-state index is -1.36. The lowest BCUT2D eigenvalue weighted by atomic mass is 9.97. The van der Waals surface area contributed by atoms with Gasteiger partial charge in [0.05, 0.1) is 12.5 Å². The van der Waals surface area contributed by atoms with E-state index in [4.69, 9.17) is 22.9 Å². The number of carboxylic acid groups (broad SMARTS) is 1. The van der Waals surface area contributed by atoms with Crippen LogP contribution in [0.5, 0.6) is 0 Å². The number of rotatable bonds is 18. The van der Waals surface area contributed by atoms with Crippen molar-refractivity contribution in [2.45, 2.75) is 70.1 Å². The van der Waals surface area contributed by atoms with Crippen molar-refractivity contribution < 1.29 is 29.1 Å². The van der Waals surface area contributed by atoms with Crippen LogP contribution in [0.15, 0.2) is 4.99 Å². The number of guanidine groups is 1. The third-order valence-corrected chi connectivity index (χ3v) is 6.01. The van der Waals surface area contributed by atoms with Gasteiger partial charge in [0.1, 0.15) is 18.1 Å². The zero-order valence-corrected chi connectivity index (χ0v) is 21.8. The van der Waals surface area contributed by atoms with Crippen LogP contribution < -0.4 is 38.9 Å². The minimum Gasteiger partial charge on any atom is -0.480 e. The number of hydrogen-bond acceptors (Lipinski definition) is 8. The fourth-order valence-electron chi connectivity index (χ4n) is 3.04. The molecule has 0 fully saturated rings. The van der Waals surface area contributed by atoms with Crippen LogP contribution >= 0.6 is 11.8 Å². The van der Waals surface area contributed by atoms with Crippen molar-refractivity contribution in [3.63, 3.8) is 0 Å². The van der Waals surface area contributed by atoms with Gasteiger partial charge in [0.2, 0.25) is 23.6 Å². The Morgan fingerprint density at radius 2 is 1.56 bits per heavy atom. The van der Waals surface area contributed by atoms with E-state index in [1.807, 2.05) is 6.26 Å². The average molecular weight is 533 g/mol. The summed E-state index contributed by atoms with van der Waals surface area (Å²) >= 11 is 1.50. The van der Waals surface area contributed by atoms with E-state index < -0.39 is 66.1 Å². The standard InChI is InChI=1S/C21H40N8O6S/c1-4-11(2)16(19(33)27-13(20(34)35)6-5-8-26-21(24)25)29-18(32)14(10-15(23)30)28-17(31)12(22)7-9-36-3/h11-14,16H,4-10,22H2,1-3H3,(H2,23,30)(H,27,33)(H,28,31)(H,29,32)(H,34,35)(H4,24,25,26). The Hall–Kier alpha value is -3.07. The number of carboxylic acids is 1. The van der Waals surface area contributed by atoms with Crippen molar-refractivity contribution in [1.82, 2.24) is 16.0 Å². The first-order valence-corrected chi connectivity index (χ1v) is 12.9. The van der Waals surface area contributed by atoms with Gasteiger partial charge in [0.15, 0.2) is 5.96 Å². The number of nitrogens with two attached hydrogens (primary N) is 4. The lowest BCUT2D eigenvalue weighted by Crippen LogP contribution is -2.59. The number of carbonyl (C=O) groups is 5. The van der Waals surface area contributed by atoms with Crippen LogP contribution in [0.4, 0.5) is 0 Å². The largest absolute Gasteiger partial charge is 0.480 e. The normalized spacial score (nSPS) is 14.9. The molecule has 36 heavy (non-hydrogen) atoms. The Kier molecular flexibility index (Phi) is 15.9. The van der Waals surface area contributed by atoms with Crippen molar-refractivity contribution in [2.75, 3.05) is 18.6 Å². The third kappa shape index (κ3) is 13.1. The van der Waals surface area contributed by atoms with E-state index >= 15 is 0 Å². The predicted molar refractivity (Wildman–Crippen MR) is 138 cm³/mol. The van der Waals surface area contributed by atoms with E-state index in [9.17, 15) is 29.1 Å². The molecule has 0 aliphatic rings. The molecule has 12 N–H and O–H groups in total. The lowest BCUT2D eigenvalue weighted by Gasteiger charge is -2.28. The first kappa shape index (κ1) is 32.9. The number of carbonyl (C=O) groups excluding carboxylic acids is 4. The van der Waals surface area contributed by atoms with Gasteiger partial charge in [-0.2, -0.15) is 11.8 Å². The van der Waals surface area contributed by atoms with Crippen molar-refractivity contribution >= 4 is 47.3 Å². The van der Waals surface area contributed by atoms with E-state index in [0.717, 1.165) is 0 Å². The summed E-state index contributed by atoms with van der Waals surface area (Å²) in [6.45, 7) is 3.66. The van der Waals surface area contributed by atoms with Gasteiger partial charge >= 0.3 is 5.97 Å². The molecule has 14 nitrogen and oxygen atoms in total. The fraction of sp³-hybridized carbons (Fsp3) is 0.714. The summed E-state index contributed by atoms with van der Waals surface area (Å²) in [5.74, 6) is -4.21. The molecule has 206 valence electrons. The summed E-state index contributed by atoms with van der Waals surface area (Å²) in [4.78, 5) is 65.3. The monoisotopic (exact) mass is 532 g/mol. The molecule has 0 spiro atoms. The number of aliphatic carboxylic acids is 1. The maximum absolute atomic E-state index is 13.0. The van der Waals surface area contributed by atoms with Crippen molar-refractivity contribution in [2.24, 2.45) is 33.8 Å². The maximum Gasteiger partial charge on any atom is 0.326 e. The average Bonchev–Trinajstić information content (AvgIpc) is 2.80. The van der Waals surface area contributed by atoms with Gasteiger partial charge in [-0.25, -0.2) is 4.79 Å². The molecule has 0 saturated heterocycles. The number of nitrogens with zero attached hydrogens (tertiary/aromatic N) is 1. The molecule has 0 aromatic rings. The van der Waals surface area contributed by atoms with Crippen molar-refractivity contribution in [3.8, 4) is 0 Å². The lowest BCUT2D eigenvalue weighted by molar-refractivity contribution is -0.143. The molecule has 15 heteroatoms. The Labute approximate surface area is 215 Å². The number of nitrogens with one attached hydrogen (secondary N) is 3. The summed E-state index contributed by atoms with van der Waals surface area (Å²) in [6.07, 6.45) is 2.51. The van der Waals surface area contributed by atoms with Crippen LogP contribution in [0.3, 0.4) is 0 Å². The van der Waals surface area contributed by atoms with E-state index in [-0.39, 0.29) is 18.9 Å². The molecule has 5 atom stereocenters.